The molecule has 2 unspecified atom stereocenters. The first-order chi connectivity index (χ1) is 11.9. The van der Waals surface area contributed by atoms with Crippen LogP contribution in [0.5, 0.6) is 11.5 Å². The molecule has 0 fully saturated rings. The SMILES string of the molecule is CCN(C(=O)OCOC(=O)C(C)N)C(C)Cc1ccc2c(c1)OCO2. The summed E-state index contributed by atoms with van der Waals surface area (Å²) in [5.41, 5.74) is 6.39. The van der Waals surface area contributed by atoms with Crippen molar-refractivity contribution in [2.24, 2.45) is 5.73 Å². The molecule has 1 amide bonds. The van der Waals surface area contributed by atoms with Gasteiger partial charge in [-0.1, -0.05) is 6.07 Å². The van der Waals surface area contributed by atoms with Crippen LogP contribution in [0.4, 0.5) is 4.79 Å². The van der Waals surface area contributed by atoms with Gasteiger partial charge in [-0.05, 0) is 44.9 Å². The largest absolute Gasteiger partial charge is 0.454 e. The molecule has 0 saturated carbocycles. The summed E-state index contributed by atoms with van der Waals surface area (Å²) >= 11 is 0. The number of benzene rings is 1. The second-order valence-electron chi connectivity index (χ2n) is 5.81. The van der Waals surface area contributed by atoms with Gasteiger partial charge in [0.15, 0.2) is 11.5 Å². The summed E-state index contributed by atoms with van der Waals surface area (Å²) in [6.07, 6.45) is 0.0763. The van der Waals surface area contributed by atoms with E-state index in [4.69, 9.17) is 24.7 Å². The van der Waals surface area contributed by atoms with Gasteiger partial charge < -0.3 is 29.6 Å². The van der Waals surface area contributed by atoms with E-state index in [0.29, 0.717) is 18.7 Å². The Bertz CT molecular complexity index is 619. The van der Waals surface area contributed by atoms with Crippen molar-refractivity contribution in [2.75, 3.05) is 20.1 Å². The van der Waals surface area contributed by atoms with E-state index in [9.17, 15) is 9.59 Å². The van der Waals surface area contributed by atoms with Crippen LogP contribution in [0, 0.1) is 0 Å². The van der Waals surface area contributed by atoms with Crippen molar-refractivity contribution in [3.05, 3.63) is 23.8 Å². The molecule has 1 aliphatic heterocycles. The van der Waals surface area contributed by atoms with E-state index in [1.165, 1.54) is 6.92 Å². The maximum atomic E-state index is 12.2. The lowest BCUT2D eigenvalue weighted by Gasteiger charge is -2.27. The third-order valence-electron chi connectivity index (χ3n) is 3.83. The average molecular weight is 352 g/mol. The Labute approximate surface area is 146 Å². The zero-order valence-corrected chi connectivity index (χ0v) is 14.7. The van der Waals surface area contributed by atoms with E-state index in [-0.39, 0.29) is 12.8 Å². The first-order valence-electron chi connectivity index (χ1n) is 8.16. The first kappa shape index (κ1) is 18.9. The molecule has 1 aromatic carbocycles. The highest BCUT2D eigenvalue weighted by Crippen LogP contribution is 2.33. The fraction of sp³-hybridized carbons (Fsp3) is 0.529. The summed E-state index contributed by atoms with van der Waals surface area (Å²) in [5.74, 6) is 0.807. The molecule has 1 aliphatic rings. The molecule has 8 nitrogen and oxygen atoms in total. The Kier molecular flexibility index (Phi) is 6.46. The Morgan fingerprint density at radius 2 is 1.96 bits per heavy atom. The predicted molar refractivity (Wildman–Crippen MR) is 89.2 cm³/mol. The maximum absolute atomic E-state index is 12.2. The lowest BCUT2D eigenvalue weighted by molar-refractivity contribution is -0.153. The molecule has 0 spiro atoms. The van der Waals surface area contributed by atoms with Crippen molar-refractivity contribution in [3.63, 3.8) is 0 Å². The van der Waals surface area contributed by atoms with Crippen molar-refractivity contribution < 1.29 is 28.5 Å². The molecule has 25 heavy (non-hydrogen) atoms. The summed E-state index contributed by atoms with van der Waals surface area (Å²) < 4.78 is 20.4. The second kappa shape index (κ2) is 8.57. The van der Waals surface area contributed by atoms with Crippen LogP contribution in [0.25, 0.3) is 0 Å². The number of fused-ring (bicyclic) bond motifs is 1. The topological polar surface area (TPSA) is 100 Å². The van der Waals surface area contributed by atoms with Crippen molar-refractivity contribution in [3.8, 4) is 11.5 Å². The third-order valence-corrected chi connectivity index (χ3v) is 3.83. The van der Waals surface area contributed by atoms with Gasteiger partial charge in [-0.3, -0.25) is 4.79 Å². The highest BCUT2D eigenvalue weighted by molar-refractivity contribution is 5.75. The van der Waals surface area contributed by atoms with Gasteiger partial charge in [0.2, 0.25) is 13.6 Å². The van der Waals surface area contributed by atoms with E-state index < -0.39 is 24.9 Å². The van der Waals surface area contributed by atoms with Gasteiger partial charge in [-0.2, -0.15) is 0 Å². The van der Waals surface area contributed by atoms with E-state index in [0.717, 1.165) is 11.3 Å². The monoisotopic (exact) mass is 352 g/mol. The number of rotatable bonds is 7. The van der Waals surface area contributed by atoms with E-state index in [1.807, 2.05) is 32.0 Å². The smallest absolute Gasteiger partial charge is 0.412 e. The molecular formula is C17H24N2O6. The highest BCUT2D eigenvalue weighted by Gasteiger charge is 2.22. The van der Waals surface area contributed by atoms with Crippen LogP contribution in [0.1, 0.15) is 26.3 Å². The van der Waals surface area contributed by atoms with Crippen molar-refractivity contribution in [1.29, 1.82) is 0 Å². The number of hydrogen-bond donors (Lipinski definition) is 1. The van der Waals surface area contributed by atoms with Crippen LogP contribution in [0.3, 0.4) is 0 Å². The van der Waals surface area contributed by atoms with Crippen molar-refractivity contribution in [1.82, 2.24) is 4.90 Å². The van der Waals surface area contributed by atoms with Crippen LogP contribution in [0.15, 0.2) is 18.2 Å². The van der Waals surface area contributed by atoms with Gasteiger partial charge in [-0.15, -0.1) is 0 Å². The molecule has 0 radical (unpaired) electrons. The van der Waals surface area contributed by atoms with Crippen molar-refractivity contribution >= 4 is 12.1 Å². The molecule has 0 saturated heterocycles. The lowest BCUT2D eigenvalue weighted by Crippen LogP contribution is -2.40. The molecular weight excluding hydrogens is 328 g/mol. The summed E-state index contributed by atoms with van der Waals surface area (Å²) in [7, 11) is 0. The first-order valence-corrected chi connectivity index (χ1v) is 8.16. The van der Waals surface area contributed by atoms with Crippen LogP contribution in [-0.2, 0) is 20.7 Å². The maximum Gasteiger partial charge on any atom is 0.412 e. The molecule has 2 N–H and O–H groups in total. The Morgan fingerprint density at radius 3 is 2.64 bits per heavy atom. The zero-order chi connectivity index (χ0) is 18.4. The highest BCUT2D eigenvalue weighted by atomic mass is 16.7. The normalized spacial score (nSPS) is 14.6. The third kappa shape index (κ3) is 4.99. The zero-order valence-electron chi connectivity index (χ0n) is 14.7. The minimum absolute atomic E-state index is 0.109. The number of likely N-dealkylation sites (N-methyl/N-ethyl adjacent to an activating group) is 1. The van der Waals surface area contributed by atoms with Crippen LogP contribution in [0.2, 0.25) is 0 Å². The summed E-state index contributed by atoms with van der Waals surface area (Å²) in [6, 6.07) is 4.83. The average Bonchev–Trinajstić information content (AvgIpc) is 3.02. The number of amides is 1. The van der Waals surface area contributed by atoms with Crippen LogP contribution >= 0.6 is 0 Å². The van der Waals surface area contributed by atoms with E-state index in [2.05, 4.69) is 0 Å². The predicted octanol–water partition coefficient (Wildman–Crippen LogP) is 1.65. The molecule has 138 valence electrons. The quantitative estimate of drug-likeness (QED) is 0.588. The lowest BCUT2D eigenvalue weighted by atomic mass is 10.1. The molecule has 1 aromatic rings. The summed E-state index contributed by atoms with van der Waals surface area (Å²) in [5, 5.41) is 0. The van der Waals surface area contributed by atoms with Gasteiger partial charge >= 0.3 is 12.1 Å². The molecule has 2 atom stereocenters. The molecule has 0 aromatic heterocycles. The minimum Gasteiger partial charge on any atom is -0.454 e. The molecule has 2 rings (SSSR count). The Balaban J connectivity index is 1.88. The molecule has 8 heteroatoms. The number of nitrogens with two attached hydrogens (primary N) is 1. The van der Waals surface area contributed by atoms with E-state index >= 15 is 0 Å². The number of nitrogens with zero attached hydrogens (tertiary/aromatic N) is 1. The number of carbonyl (C=O) groups excluding carboxylic acids is 2. The van der Waals surface area contributed by atoms with Gasteiger partial charge in [0.05, 0.1) is 0 Å². The summed E-state index contributed by atoms with van der Waals surface area (Å²) in [6.45, 7) is 5.50. The van der Waals surface area contributed by atoms with Gasteiger partial charge in [-0.25, -0.2) is 4.79 Å². The standard InChI is InChI=1S/C17H24N2O6/c1-4-19(17(21)25-10-24-16(20)12(3)18)11(2)7-13-5-6-14-15(8-13)23-9-22-14/h5-6,8,11-12H,4,7,9-10,18H2,1-3H3. The number of ether oxygens (including phenoxy) is 4. The van der Waals surface area contributed by atoms with Crippen LogP contribution in [-0.4, -0.2) is 49.2 Å². The fourth-order valence-corrected chi connectivity index (χ4v) is 2.49. The number of carbonyl (C=O) groups is 2. The van der Waals surface area contributed by atoms with Gasteiger partial charge in [0, 0.05) is 12.6 Å². The minimum atomic E-state index is -0.758. The van der Waals surface area contributed by atoms with Crippen molar-refractivity contribution in [2.45, 2.75) is 39.3 Å². The Hall–Kier alpha value is -2.48. The fourth-order valence-electron chi connectivity index (χ4n) is 2.49. The molecule has 1 heterocycles. The second-order valence-corrected chi connectivity index (χ2v) is 5.81. The molecule has 0 bridgehead atoms. The summed E-state index contributed by atoms with van der Waals surface area (Å²) in [4.78, 5) is 25.0. The van der Waals surface area contributed by atoms with E-state index in [1.54, 1.807) is 4.90 Å². The number of hydrogen-bond acceptors (Lipinski definition) is 7. The Morgan fingerprint density at radius 1 is 1.24 bits per heavy atom. The van der Waals surface area contributed by atoms with Gasteiger partial charge in [0.25, 0.3) is 0 Å². The van der Waals surface area contributed by atoms with Gasteiger partial charge in [0.1, 0.15) is 6.04 Å². The van der Waals surface area contributed by atoms with Crippen LogP contribution < -0.4 is 15.2 Å². The molecule has 0 aliphatic carbocycles. The number of esters is 1.